The minimum absolute atomic E-state index is 0.0279. The summed E-state index contributed by atoms with van der Waals surface area (Å²) >= 11 is 6.56. The number of rotatable bonds is 5. The molecule has 1 aromatic heterocycles. The van der Waals surface area contributed by atoms with Crippen molar-refractivity contribution in [1.29, 1.82) is 0 Å². The van der Waals surface area contributed by atoms with E-state index in [1.54, 1.807) is 14.2 Å². The molecule has 0 saturated heterocycles. The van der Waals surface area contributed by atoms with Crippen LogP contribution in [0.1, 0.15) is 6.92 Å². The molecule has 4 rings (SSSR count). The minimum Gasteiger partial charge on any atom is -0.497 e. The number of hydrogen-bond acceptors (Lipinski definition) is 6. The first-order chi connectivity index (χ1) is 13.9. The van der Waals surface area contributed by atoms with Crippen LogP contribution in [0.15, 0.2) is 58.8 Å². The molecule has 1 N–H and O–H groups in total. The fraction of sp³-hybridized carbons (Fsp3) is 0.190. The number of anilines is 2. The van der Waals surface area contributed by atoms with E-state index in [-0.39, 0.29) is 4.59 Å². The Bertz CT molecular complexity index is 1160. The molecule has 7 nitrogen and oxygen atoms in total. The highest BCUT2D eigenvalue weighted by atomic mass is 35.5. The van der Waals surface area contributed by atoms with Crippen LogP contribution in [0, 0.1) is 0 Å². The number of ether oxygens (including phenoxy) is 2. The molecule has 0 radical (unpaired) electrons. The maximum Gasteiger partial charge on any atom is 0.304 e. The molecule has 0 bridgehead atoms. The summed E-state index contributed by atoms with van der Waals surface area (Å²) in [5, 5.41) is 8.57. The number of halogens is 1. The second-order valence-corrected chi connectivity index (χ2v) is 7.13. The Morgan fingerprint density at radius 1 is 1.00 bits per heavy atom. The number of nitrogens with one attached hydrogen (secondary N) is 1. The van der Waals surface area contributed by atoms with Crippen LogP contribution in [-0.2, 0) is 0 Å². The molecule has 0 fully saturated rings. The molecule has 148 valence electrons. The van der Waals surface area contributed by atoms with Gasteiger partial charge in [0.1, 0.15) is 24.3 Å². The molecule has 0 aliphatic carbocycles. The lowest BCUT2D eigenvalue weighted by Crippen LogP contribution is -2.36. The van der Waals surface area contributed by atoms with Crippen molar-refractivity contribution in [1.82, 2.24) is 14.6 Å². The van der Waals surface area contributed by atoms with Crippen LogP contribution in [0.5, 0.6) is 11.5 Å². The van der Waals surface area contributed by atoms with Gasteiger partial charge in [0.05, 0.1) is 30.9 Å². The zero-order chi connectivity index (χ0) is 20.6. The van der Waals surface area contributed by atoms with E-state index in [1.807, 2.05) is 62.5 Å². The van der Waals surface area contributed by atoms with Crippen LogP contribution in [0.4, 0.5) is 17.3 Å². The molecule has 29 heavy (non-hydrogen) atoms. The first-order valence-electron chi connectivity index (χ1n) is 9.02. The van der Waals surface area contributed by atoms with Crippen molar-refractivity contribution in [3.05, 3.63) is 53.7 Å². The second kappa shape index (κ2) is 7.35. The van der Waals surface area contributed by atoms with Crippen molar-refractivity contribution in [3.8, 4) is 11.5 Å². The maximum absolute atomic E-state index is 6.56. The van der Waals surface area contributed by atoms with Gasteiger partial charge in [0, 0.05) is 12.1 Å². The largest absolute Gasteiger partial charge is 0.497 e. The number of quaternary nitrogens is 1. The molecular formula is C21H21ClN5O2+. The molecule has 0 amide bonds. The van der Waals surface area contributed by atoms with Gasteiger partial charge in [-0.1, -0.05) is 17.2 Å². The third-order valence-electron chi connectivity index (χ3n) is 4.73. The fourth-order valence-electron chi connectivity index (χ4n) is 3.26. The highest BCUT2D eigenvalue weighted by molar-refractivity contribution is 6.33. The molecule has 1 aliphatic heterocycles. The van der Waals surface area contributed by atoms with Gasteiger partial charge in [-0.15, -0.1) is 4.59 Å². The number of nitrogens with zero attached hydrogens (tertiary/aromatic N) is 4. The normalized spacial score (nSPS) is 18.4. The van der Waals surface area contributed by atoms with E-state index in [4.69, 9.17) is 31.0 Å². The highest BCUT2D eigenvalue weighted by Gasteiger charge is 2.40. The summed E-state index contributed by atoms with van der Waals surface area (Å²) in [6.07, 6.45) is 1.83. The Labute approximate surface area is 173 Å². The van der Waals surface area contributed by atoms with E-state index in [9.17, 15) is 0 Å². The van der Waals surface area contributed by atoms with Crippen LogP contribution >= 0.6 is 11.6 Å². The van der Waals surface area contributed by atoms with Gasteiger partial charge in [-0.3, -0.25) is 0 Å². The monoisotopic (exact) mass is 410 g/mol. The Balaban J connectivity index is 1.91. The van der Waals surface area contributed by atoms with Crippen molar-refractivity contribution in [2.45, 2.75) is 6.92 Å². The molecule has 1 atom stereocenters. The van der Waals surface area contributed by atoms with Crippen LogP contribution in [0.3, 0.4) is 0 Å². The maximum atomic E-state index is 6.56. The molecule has 2 aromatic carbocycles. The van der Waals surface area contributed by atoms with Gasteiger partial charge < -0.3 is 14.8 Å². The predicted octanol–water partition coefficient (Wildman–Crippen LogP) is 4.80. The van der Waals surface area contributed by atoms with E-state index >= 15 is 0 Å². The number of fused-ring (bicyclic) bond motifs is 1. The van der Waals surface area contributed by atoms with Gasteiger partial charge in [0.2, 0.25) is 11.0 Å². The molecular weight excluding hydrogens is 390 g/mol. The zero-order valence-corrected chi connectivity index (χ0v) is 17.4. The number of methoxy groups -OCH3 is 2. The molecule has 1 unspecified atom stereocenters. The molecule has 2 heterocycles. The average molecular weight is 411 g/mol. The van der Waals surface area contributed by atoms with Crippen LogP contribution in [-0.4, -0.2) is 36.9 Å². The number of allylic oxidation sites excluding steroid dienone is 1. The zero-order valence-electron chi connectivity index (χ0n) is 16.6. The number of aromatic nitrogens is 2. The minimum atomic E-state index is -0.0279. The van der Waals surface area contributed by atoms with Crippen molar-refractivity contribution in [3.63, 3.8) is 0 Å². The topological polar surface area (TPSA) is 68.6 Å². The second-order valence-electron chi connectivity index (χ2n) is 6.74. The van der Waals surface area contributed by atoms with Crippen molar-refractivity contribution < 1.29 is 9.47 Å². The van der Waals surface area contributed by atoms with Gasteiger partial charge in [-0.25, -0.2) is 4.98 Å². The predicted molar refractivity (Wildman–Crippen MR) is 117 cm³/mol. The lowest BCUT2D eigenvalue weighted by molar-refractivity contribution is 0.404. The summed E-state index contributed by atoms with van der Waals surface area (Å²) in [7, 11) is 5.11. The van der Waals surface area contributed by atoms with Gasteiger partial charge in [0.15, 0.2) is 0 Å². The Kier molecular flexibility index (Phi) is 4.86. The van der Waals surface area contributed by atoms with Gasteiger partial charge in [-0.2, -0.15) is 4.98 Å². The summed E-state index contributed by atoms with van der Waals surface area (Å²) < 4.78 is 10.8. The summed E-state index contributed by atoms with van der Waals surface area (Å²) in [4.78, 5) is 9.66. The van der Waals surface area contributed by atoms with Gasteiger partial charge in [0.25, 0.3) is 0 Å². The fourth-order valence-corrected chi connectivity index (χ4v) is 3.53. The third-order valence-corrected chi connectivity index (χ3v) is 5.16. The third kappa shape index (κ3) is 3.39. The van der Waals surface area contributed by atoms with E-state index in [0.717, 1.165) is 16.7 Å². The summed E-state index contributed by atoms with van der Waals surface area (Å²) in [6.45, 7) is 1.90. The number of hydrogen-bond donors (Lipinski definition) is 1. The average Bonchev–Trinajstić information content (AvgIpc) is 2.99. The molecule has 0 saturated carbocycles. The summed E-state index contributed by atoms with van der Waals surface area (Å²) in [5.74, 6) is 2.45. The Hall–Kier alpha value is -3.16. The van der Waals surface area contributed by atoms with E-state index in [0.29, 0.717) is 34.0 Å². The van der Waals surface area contributed by atoms with Gasteiger partial charge >= 0.3 is 5.82 Å². The van der Waals surface area contributed by atoms with Crippen LogP contribution in [0.25, 0.3) is 11.0 Å². The van der Waals surface area contributed by atoms with E-state index in [1.165, 1.54) is 0 Å². The van der Waals surface area contributed by atoms with E-state index < -0.39 is 0 Å². The van der Waals surface area contributed by atoms with Crippen molar-refractivity contribution in [2.24, 2.45) is 5.10 Å². The molecule has 1 aliphatic rings. The first-order valence-corrected chi connectivity index (χ1v) is 9.40. The smallest absolute Gasteiger partial charge is 0.304 e. The quantitative estimate of drug-likeness (QED) is 0.483. The van der Waals surface area contributed by atoms with Crippen molar-refractivity contribution >= 4 is 45.7 Å². The Morgan fingerprint density at radius 2 is 1.72 bits per heavy atom. The van der Waals surface area contributed by atoms with Crippen LogP contribution in [0.2, 0.25) is 0 Å². The van der Waals surface area contributed by atoms with E-state index in [2.05, 4.69) is 10.4 Å². The Morgan fingerprint density at radius 3 is 2.34 bits per heavy atom. The van der Waals surface area contributed by atoms with Crippen LogP contribution < -0.4 is 19.4 Å². The molecule has 8 heteroatoms. The SMILES string of the molecule is COc1ccc(OC)c(Nc2nc3ccccc3nc2[N+]2(C)N=C(C)C=C2Cl)c1. The first kappa shape index (κ1) is 19.2. The van der Waals surface area contributed by atoms with Crippen molar-refractivity contribution in [2.75, 3.05) is 26.6 Å². The molecule has 3 aromatic rings. The number of para-hydroxylation sites is 2. The lowest BCUT2D eigenvalue weighted by Gasteiger charge is -2.24. The summed E-state index contributed by atoms with van der Waals surface area (Å²) in [5.41, 5.74) is 3.03. The molecule has 0 spiro atoms. The highest BCUT2D eigenvalue weighted by Crippen LogP contribution is 2.40. The lowest BCUT2D eigenvalue weighted by atomic mass is 10.2. The van der Waals surface area contributed by atoms with Gasteiger partial charge in [-0.05, 0) is 42.8 Å². The summed E-state index contributed by atoms with van der Waals surface area (Å²) in [6, 6.07) is 13.2. The standard InChI is InChI=1S/C21H21ClN5O2/c1-13-11-19(22)27(2,26-13)21-20(23-15-7-5-6-8-16(15)25-21)24-17-12-14(28-3)9-10-18(17)29-4/h5-12H,1-4H3,(H,23,24)/q+1. The number of benzene rings is 2.